The molecule has 5 nitrogen and oxygen atoms in total. The molecule has 1 rings (SSSR count). The number of rotatable bonds is 3. The van der Waals surface area contributed by atoms with Crippen LogP contribution in [0.1, 0.15) is 13.3 Å². The summed E-state index contributed by atoms with van der Waals surface area (Å²) in [5.74, 6) is -0.0979. The first kappa shape index (κ1) is 9.98. The highest BCUT2D eigenvalue weighted by molar-refractivity contribution is 5.90. The zero-order chi connectivity index (χ0) is 9.84. The first-order chi connectivity index (χ1) is 6.20. The minimum atomic E-state index is -0.416. The van der Waals surface area contributed by atoms with Gasteiger partial charge in [-0.05, 0) is 13.3 Å². The van der Waals surface area contributed by atoms with E-state index in [2.05, 4.69) is 0 Å². The lowest BCUT2D eigenvalue weighted by Gasteiger charge is -2.38. The SMILES string of the molecule is CCOC(=O)N1CCC1C(=O)CN. The Morgan fingerprint density at radius 3 is 2.69 bits per heavy atom. The van der Waals surface area contributed by atoms with Gasteiger partial charge in [0.05, 0.1) is 19.2 Å². The summed E-state index contributed by atoms with van der Waals surface area (Å²) in [6.07, 6.45) is 0.287. The lowest BCUT2D eigenvalue weighted by atomic mass is 9.99. The molecule has 1 atom stereocenters. The van der Waals surface area contributed by atoms with E-state index in [1.54, 1.807) is 6.92 Å². The van der Waals surface area contributed by atoms with Gasteiger partial charge in [-0.15, -0.1) is 0 Å². The standard InChI is InChI=1S/C8H14N2O3/c1-2-13-8(12)10-4-3-6(10)7(11)5-9/h6H,2-5,9H2,1H3. The van der Waals surface area contributed by atoms with Crippen LogP contribution in [0.3, 0.4) is 0 Å². The number of ether oxygens (including phenoxy) is 1. The zero-order valence-electron chi connectivity index (χ0n) is 7.66. The molecule has 1 unspecified atom stereocenters. The Morgan fingerprint density at radius 1 is 1.62 bits per heavy atom. The molecule has 0 aromatic heterocycles. The summed E-state index contributed by atoms with van der Waals surface area (Å²) >= 11 is 0. The summed E-state index contributed by atoms with van der Waals surface area (Å²) in [7, 11) is 0. The van der Waals surface area contributed by atoms with Crippen molar-refractivity contribution in [2.45, 2.75) is 19.4 Å². The van der Waals surface area contributed by atoms with Crippen LogP contribution in [0, 0.1) is 0 Å². The van der Waals surface area contributed by atoms with Crippen LogP contribution in [-0.2, 0) is 9.53 Å². The minimum absolute atomic E-state index is 0.0133. The van der Waals surface area contributed by atoms with E-state index < -0.39 is 6.09 Å². The molecule has 0 aromatic rings. The van der Waals surface area contributed by atoms with E-state index in [4.69, 9.17) is 10.5 Å². The predicted octanol–water partition coefficient (Wildman–Crippen LogP) is -0.255. The summed E-state index contributed by atoms with van der Waals surface area (Å²) in [6.45, 7) is 2.64. The van der Waals surface area contributed by atoms with Crippen molar-refractivity contribution in [2.24, 2.45) is 5.73 Å². The van der Waals surface area contributed by atoms with Gasteiger partial charge in [-0.3, -0.25) is 9.69 Å². The van der Waals surface area contributed by atoms with E-state index in [0.29, 0.717) is 19.6 Å². The molecule has 0 spiro atoms. The fraction of sp³-hybridized carbons (Fsp3) is 0.750. The maximum atomic E-state index is 11.2. The Bertz CT molecular complexity index is 217. The molecular weight excluding hydrogens is 172 g/mol. The normalized spacial score (nSPS) is 20.8. The van der Waals surface area contributed by atoms with Gasteiger partial charge in [0.1, 0.15) is 0 Å². The number of carbonyl (C=O) groups excluding carboxylic acids is 2. The van der Waals surface area contributed by atoms with E-state index in [9.17, 15) is 9.59 Å². The maximum Gasteiger partial charge on any atom is 0.410 e. The Balaban J connectivity index is 2.44. The van der Waals surface area contributed by atoms with E-state index in [1.165, 1.54) is 4.90 Å². The summed E-state index contributed by atoms with van der Waals surface area (Å²) in [6, 6.07) is -0.343. The quantitative estimate of drug-likeness (QED) is 0.659. The largest absolute Gasteiger partial charge is 0.450 e. The highest BCUT2D eigenvalue weighted by Crippen LogP contribution is 2.18. The van der Waals surface area contributed by atoms with Gasteiger partial charge in [0.15, 0.2) is 5.78 Å². The molecule has 1 fully saturated rings. The molecule has 0 aromatic carbocycles. The number of carbonyl (C=O) groups is 2. The number of Topliss-reactive ketones (excluding diaryl/α,β-unsaturated/α-hetero) is 1. The molecular formula is C8H14N2O3. The number of nitrogens with zero attached hydrogens (tertiary/aromatic N) is 1. The summed E-state index contributed by atoms with van der Waals surface area (Å²) in [5.41, 5.74) is 5.19. The Labute approximate surface area is 76.8 Å². The first-order valence-electron chi connectivity index (χ1n) is 4.36. The highest BCUT2D eigenvalue weighted by Gasteiger charge is 2.37. The van der Waals surface area contributed by atoms with Crippen LogP contribution in [0.15, 0.2) is 0 Å². The van der Waals surface area contributed by atoms with Gasteiger partial charge in [0, 0.05) is 6.54 Å². The molecule has 1 amide bonds. The molecule has 0 radical (unpaired) electrons. The lowest BCUT2D eigenvalue weighted by molar-refractivity contribution is -0.126. The second-order valence-corrected chi connectivity index (χ2v) is 2.87. The molecule has 13 heavy (non-hydrogen) atoms. The molecule has 1 saturated heterocycles. The third kappa shape index (κ3) is 1.98. The molecule has 1 heterocycles. The van der Waals surface area contributed by atoms with Gasteiger partial charge in [0.25, 0.3) is 0 Å². The molecule has 0 aliphatic carbocycles. The van der Waals surface area contributed by atoms with Crippen molar-refractivity contribution in [2.75, 3.05) is 19.7 Å². The number of amides is 1. The first-order valence-corrected chi connectivity index (χ1v) is 4.36. The topological polar surface area (TPSA) is 72.6 Å². The van der Waals surface area contributed by atoms with Crippen molar-refractivity contribution in [1.29, 1.82) is 0 Å². The van der Waals surface area contributed by atoms with Crippen LogP contribution in [0.5, 0.6) is 0 Å². The zero-order valence-corrected chi connectivity index (χ0v) is 7.66. The van der Waals surface area contributed by atoms with Crippen LogP contribution >= 0.6 is 0 Å². The van der Waals surface area contributed by atoms with Gasteiger partial charge in [-0.25, -0.2) is 4.79 Å². The van der Waals surface area contributed by atoms with Crippen molar-refractivity contribution < 1.29 is 14.3 Å². The smallest absolute Gasteiger partial charge is 0.410 e. The van der Waals surface area contributed by atoms with Crippen LogP contribution in [0.4, 0.5) is 4.79 Å². The molecule has 1 aliphatic rings. The molecule has 5 heteroatoms. The summed E-state index contributed by atoms with van der Waals surface area (Å²) in [4.78, 5) is 23.7. The molecule has 1 aliphatic heterocycles. The number of nitrogens with two attached hydrogens (primary N) is 1. The average Bonchev–Trinajstić information content (AvgIpc) is 2.02. The van der Waals surface area contributed by atoms with Gasteiger partial charge < -0.3 is 10.5 Å². The van der Waals surface area contributed by atoms with Crippen molar-refractivity contribution in [1.82, 2.24) is 4.90 Å². The third-order valence-corrected chi connectivity index (χ3v) is 2.09. The van der Waals surface area contributed by atoms with Crippen LogP contribution in [-0.4, -0.2) is 42.5 Å². The highest BCUT2D eigenvalue weighted by atomic mass is 16.6. The molecule has 0 saturated carbocycles. The van der Waals surface area contributed by atoms with E-state index in [-0.39, 0.29) is 18.4 Å². The summed E-state index contributed by atoms with van der Waals surface area (Å²) < 4.78 is 4.76. The second-order valence-electron chi connectivity index (χ2n) is 2.87. The molecule has 0 bridgehead atoms. The predicted molar refractivity (Wildman–Crippen MR) is 46.2 cm³/mol. The maximum absolute atomic E-state index is 11.2. The molecule has 74 valence electrons. The average molecular weight is 186 g/mol. The van der Waals surface area contributed by atoms with Crippen LogP contribution in [0.2, 0.25) is 0 Å². The number of likely N-dealkylation sites (tertiary alicyclic amines) is 1. The second kappa shape index (κ2) is 4.23. The van der Waals surface area contributed by atoms with Gasteiger partial charge in [-0.1, -0.05) is 0 Å². The molecule has 2 N–H and O–H groups in total. The van der Waals surface area contributed by atoms with E-state index >= 15 is 0 Å². The van der Waals surface area contributed by atoms with Crippen LogP contribution in [0.25, 0.3) is 0 Å². The van der Waals surface area contributed by atoms with Crippen LogP contribution < -0.4 is 5.73 Å². The van der Waals surface area contributed by atoms with Gasteiger partial charge >= 0.3 is 6.09 Å². The number of ketones is 1. The fourth-order valence-electron chi connectivity index (χ4n) is 1.28. The lowest BCUT2D eigenvalue weighted by Crippen LogP contribution is -2.56. The Hall–Kier alpha value is -1.10. The Kier molecular flexibility index (Phi) is 3.25. The third-order valence-electron chi connectivity index (χ3n) is 2.09. The van der Waals surface area contributed by atoms with E-state index in [1.807, 2.05) is 0 Å². The van der Waals surface area contributed by atoms with Crippen molar-refractivity contribution in [3.8, 4) is 0 Å². The van der Waals surface area contributed by atoms with Crippen molar-refractivity contribution in [3.63, 3.8) is 0 Å². The number of hydrogen-bond acceptors (Lipinski definition) is 4. The van der Waals surface area contributed by atoms with Crippen molar-refractivity contribution >= 4 is 11.9 Å². The minimum Gasteiger partial charge on any atom is -0.450 e. The van der Waals surface area contributed by atoms with Gasteiger partial charge in [0.2, 0.25) is 0 Å². The number of hydrogen-bond donors (Lipinski definition) is 1. The van der Waals surface area contributed by atoms with Crippen molar-refractivity contribution in [3.05, 3.63) is 0 Å². The van der Waals surface area contributed by atoms with E-state index in [0.717, 1.165) is 0 Å². The van der Waals surface area contributed by atoms with Gasteiger partial charge in [-0.2, -0.15) is 0 Å². The fourth-order valence-corrected chi connectivity index (χ4v) is 1.28. The Morgan fingerprint density at radius 2 is 2.31 bits per heavy atom. The monoisotopic (exact) mass is 186 g/mol. The summed E-state index contributed by atoms with van der Waals surface area (Å²) in [5, 5.41) is 0.